The molecule has 1 aromatic rings. The summed E-state index contributed by atoms with van der Waals surface area (Å²) in [7, 11) is 0. The third-order valence-corrected chi connectivity index (χ3v) is 3.95. The third-order valence-electron chi connectivity index (χ3n) is 3.95. The summed E-state index contributed by atoms with van der Waals surface area (Å²) < 4.78 is 0. The first-order valence-electron chi connectivity index (χ1n) is 7.87. The average molecular weight is 344 g/mol. The van der Waals surface area contributed by atoms with Crippen molar-refractivity contribution in [3.8, 4) is 0 Å². The van der Waals surface area contributed by atoms with Crippen molar-refractivity contribution in [3.05, 3.63) is 17.5 Å². The molecule has 1 saturated heterocycles. The van der Waals surface area contributed by atoms with Gasteiger partial charge in [0.25, 0.3) is 0 Å². The first-order chi connectivity index (χ1) is 10.6. The van der Waals surface area contributed by atoms with Crippen molar-refractivity contribution < 1.29 is 9.59 Å². The van der Waals surface area contributed by atoms with Gasteiger partial charge < -0.3 is 16.0 Å². The number of nitrogens with zero attached hydrogens (tertiary/aromatic N) is 2. The lowest BCUT2D eigenvalue weighted by Gasteiger charge is -2.36. The van der Waals surface area contributed by atoms with E-state index in [1.165, 1.54) is 0 Å². The number of aryl methyl sites for hydroxylation is 1. The highest BCUT2D eigenvalue weighted by Crippen LogP contribution is 2.18. The second kappa shape index (κ2) is 9.52. The molecule has 4 N–H and O–H groups in total. The van der Waals surface area contributed by atoms with Crippen LogP contribution in [0, 0.1) is 6.92 Å². The molecule has 23 heavy (non-hydrogen) atoms. The normalized spacial score (nSPS) is 17.5. The topological polar surface area (TPSA) is 104 Å². The van der Waals surface area contributed by atoms with E-state index in [2.05, 4.69) is 15.5 Å². The Kier molecular flexibility index (Phi) is 8.05. The number of carbonyl (C=O) groups is 2. The summed E-state index contributed by atoms with van der Waals surface area (Å²) in [5, 5.41) is 9.84. The van der Waals surface area contributed by atoms with Gasteiger partial charge in [0, 0.05) is 37.8 Å². The zero-order valence-electron chi connectivity index (χ0n) is 13.5. The number of halogens is 1. The van der Waals surface area contributed by atoms with Gasteiger partial charge in [0.05, 0.1) is 12.1 Å². The summed E-state index contributed by atoms with van der Waals surface area (Å²) in [5.74, 6) is 0.0210. The smallest absolute Gasteiger partial charge is 0.228 e. The van der Waals surface area contributed by atoms with Crippen LogP contribution in [0.25, 0.3) is 0 Å². The molecule has 0 spiro atoms. The molecule has 1 fully saturated rings. The van der Waals surface area contributed by atoms with Gasteiger partial charge in [-0.15, -0.1) is 12.4 Å². The molecular formula is C15H26ClN5O2. The zero-order valence-corrected chi connectivity index (χ0v) is 14.3. The Labute approximate surface area is 142 Å². The van der Waals surface area contributed by atoms with Crippen molar-refractivity contribution in [2.45, 2.75) is 45.1 Å². The quantitative estimate of drug-likeness (QED) is 0.700. The Hall–Kier alpha value is -1.60. The van der Waals surface area contributed by atoms with Gasteiger partial charge >= 0.3 is 0 Å². The number of amides is 2. The van der Waals surface area contributed by atoms with Gasteiger partial charge in [-0.3, -0.25) is 14.7 Å². The van der Waals surface area contributed by atoms with Crippen LogP contribution in [0.2, 0.25) is 0 Å². The van der Waals surface area contributed by atoms with Gasteiger partial charge in [-0.1, -0.05) is 0 Å². The second-order valence-corrected chi connectivity index (χ2v) is 5.80. The lowest BCUT2D eigenvalue weighted by molar-refractivity contribution is -0.134. The molecular weight excluding hydrogens is 318 g/mol. The van der Waals surface area contributed by atoms with Crippen LogP contribution in [0.15, 0.2) is 6.07 Å². The van der Waals surface area contributed by atoms with E-state index in [-0.39, 0.29) is 30.3 Å². The first kappa shape index (κ1) is 19.4. The summed E-state index contributed by atoms with van der Waals surface area (Å²) in [6.07, 6.45) is 3.65. The van der Waals surface area contributed by atoms with E-state index in [0.717, 1.165) is 37.2 Å². The zero-order chi connectivity index (χ0) is 15.9. The van der Waals surface area contributed by atoms with Crippen molar-refractivity contribution in [1.29, 1.82) is 0 Å². The van der Waals surface area contributed by atoms with E-state index in [1.54, 1.807) is 0 Å². The van der Waals surface area contributed by atoms with Crippen molar-refractivity contribution >= 4 is 24.2 Å². The summed E-state index contributed by atoms with van der Waals surface area (Å²) in [4.78, 5) is 25.9. The maximum Gasteiger partial charge on any atom is 0.228 e. The molecule has 7 nitrogen and oxygen atoms in total. The number of nitrogens with one attached hydrogen (secondary N) is 2. The molecule has 0 bridgehead atoms. The van der Waals surface area contributed by atoms with Crippen molar-refractivity contribution in [2.24, 2.45) is 5.73 Å². The predicted molar refractivity (Wildman–Crippen MR) is 90.3 cm³/mol. The number of hydrogen-bond donors (Lipinski definition) is 3. The molecule has 0 aromatic carbocycles. The molecule has 2 amide bonds. The largest absolute Gasteiger partial charge is 0.354 e. The minimum absolute atomic E-state index is 0. The Bertz CT molecular complexity index is 520. The molecule has 2 heterocycles. The van der Waals surface area contributed by atoms with Crippen LogP contribution in [-0.2, 0) is 16.0 Å². The summed E-state index contributed by atoms with van der Waals surface area (Å²) in [5.41, 5.74) is 7.08. The predicted octanol–water partition coefficient (Wildman–Crippen LogP) is 0.529. The molecule has 8 heteroatoms. The Morgan fingerprint density at radius 1 is 1.48 bits per heavy atom. The molecule has 0 radical (unpaired) electrons. The number of hydrogen-bond acceptors (Lipinski definition) is 4. The summed E-state index contributed by atoms with van der Waals surface area (Å²) >= 11 is 0. The number of piperidine rings is 1. The highest BCUT2D eigenvalue weighted by Gasteiger charge is 2.27. The number of aromatic nitrogens is 2. The van der Waals surface area contributed by atoms with E-state index in [1.807, 2.05) is 17.9 Å². The minimum atomic E-state index is -0.0524. The second-order valence-electron chi connectivity index (χ2n) is 5.80. The molecule has 130 valence electrons. The molecule has 1 unspecified atom stereocenters. The Morgan fingerprint density at radius 3 is 2.91 bits per heavy atom. The van der Waals surface area contributed by atoms with Gasteiger partial charge in [-0.05, 0) is 32.3 Å². The van der Waals surface area contributed by atoms with Gasteiger partial charge in [0.1, 0.15) is 0 Å². The van der Waals surface area contributed by atoms with Gasteiger partial charge in [-0.25, -0.2) is 0 Å². The van der Waals surface area contributed by atoms with Crippen LogP contribution in [-0.4, -0.2) is 52.6 Å². The van der Waals surface area contributed by atoms with E-state index >= 15 is 0 Å². The van der Waals surface area contributed by atoms with Crippen LogP contribution in [0.5, 0.6) is 0 Å². The molecule has 0 saturated carbocycles. The third kappa shape index (κ3) is 5.84. The molecule has 1 atom stereocenters. The lowest BCUT2D eigenvalue weighted by Crippen LogP contribution is -2.50. The Morgan fingerprint density at radius 2 is 2.26 bits per heavy atom. The van der Waals surface area contributed by atoms with E-state index in [9.17, 15) is 9.59 Å². The van der Waals surface area contributed by atoms with Crippen LogP contribution in [0.3, 0.4) is 0 Å². The van der Waals surface area contributed by atoms with Gasteiger partial charge in [-0.2, -0.15) is 5.10 Å². The van der Waals surface area contributed by atoms with Gasteiger partial charge in [0.15, 0.2) is 0 Å². The van der Waals surface area contributed by atoms with Crippen LogP contribution < -0.4 is 11.1 Å². The molecule has 1 aliphatic rings. The number of carbonyl (C=O) groups excluding carboxylic acids is 2. The standard InChI is InChI=1S/C15H25N5O2.ClH/c1-11-8-12(19-18-11)9-15(22)20-7-3-2-4-13(20)10-17-14(21)5-6-16;/h8,13H,2-7,9-10,16H2,1H3,(H,17,21)(H,18,19);1H. The van der Waals surface area contributed by atoms with E-state index in [4.69, 9.17) is 5.73 Å². The monoisotopic (exact) mass is 343 g/mol. The molecule has 1 aromatic heterocycles. The fourth-order valence-corrected chi connectivity index (χ4v) is 2.81. The lowest BCUT2D eigenvalue weighted by atomic mass is 10.0. The van der Waals surface area contributed by atoms with Crippen LogP contribution in [0.1, 0.15) is 37.1 Å². The van der Waals surface area contributed by atoms with Crippen molar-refractivity contribution in [2.75, 3.05) is 19.6 Å². The van der Waals surface area contributed by atoms with Gasteiger partial charge in [0.2, 0.25) is 11.8 Å². The number of likely N-dealkylation sites (tertiary alicyclic amines) is 1. The van der Waals surface area contributed by atoms with Crippen molar-refractivity contribution in [1.82, 2.24) is 20.4 Å². The summed E-state index contributed by atoms with van der Waals surface area (Å²) in [6.45, 7) is 3.51. The fraction of sp³-hybridized carbons (Fsp3) is 0.667. The maximum absolute atomic E-state index is 12.5. The number of H-pyrrole nitrogens is 1. The van der Waals surface area contributed by atoms with Crippen LogP contribution >= 0.6 is 12.4 Å². The Balaban J connectivity index is 0.00000264. The molecule has 1 aliphatic heterocycles. The van der Waals surface area contributed by atoms with E-state index < -0.39 is 0 Å². The fourth-order valence-electron chi connectivity index (χ4n) is 2.81. The number of rotatable bonds is 6. The highest BCUT2D eigenvalue weighted by molar-refractivity contribution is 5.85. The molecule has 0 aliphatic carbocycles. The maximum atomic E-state index is 12.5. The number of aromatic amines is 1. The first-order valence-corrected chi connectivity index (χ1v) is 7.87. The molecule has 2 rings (SSSR count). The van der Waals surface area contributed by atoms with E-state index in [0.29, 0.717) is 25.9 Å². The SMILES string of the molecule is Cc1cc(CC(=O)N2CCCCC2CNC(=O)CCN)n[nH]1.Cl. The average Bonchev–Trinajstić information content (AvgIpc) is 2.91. The number of nitrogens with two attached hydrogens (primary N) is 1. The minimum Gasteiger partial charge on any atom is -0.354 e. The summed E-state index contributed by atoms with van der Waals surface area (Å²) in [6, 6.07) is 1.96. The van der Waals surface area contributed by atoms with Crippen molar-refractivity contribution in [3.63, 3.8) is 0 Å². The highest BCUT2D eigenvalue weighted by atomic mass is 35.5. The van der Waals surface area contributed by atoms with Crippen LogP contribution in [0.4, 0.5) is 0 Å².